The quantitative estimate of drug-likeness (QED) is 0.136. The first-order valence-corrected chi connectivity index (χ1v) is 17.1. The van der Waals surface area contributed by atoms with Crippen LogP contribution in [0.15, 0.2) is 114 Å². The highest BCUT2D eigenvalue weighted by Crippen LogP contribution is 2.48. The maximum absolute atomic E-state index is 14.9. The summed E-state index contributed by atoms with van der Waals surface area (Å²) in [6.45, 7) is 14.8. The average molecular weight is 662 g/mol. The van der Waals surface area contributed by atoms with Gasteiger partial charge in [-0.1, -0.05) is 82.3 Å². The Bertz CT molecular complexity index is 1940. The normalized spacial score (nSPS) is 21.1. The van der Waals surface area contributed by atoms with Gasteiger partial charge in [-0.3, -0.25) is 10.1 Å². The first-order valence-electron chi connectivity index (χ1n) is 17.1. The molecule has 3 aromatic rings. The molecule has 0 saturated carbocycles. The number of ether oxygens (including phenoxy) is 1. The highest BCUT2D eigenvalue weighted by Gasteiger charge is 2.42. The zero-order valence-corrected chi connectivity index (χ0v) is 29.1. The van der Waals surface area contributed by atoms with Crippen molar-refractivity contribution >= 4 is 23.0 Å². The van der Waals surface area contributed by atoms with E-state index in [0.29, 0.717) is 18.6 Å². The van der Waals surface area contributed by atoms with Gasteiger partial charge in [-0.2, -0.15) is 0 Å². The van der Waals surface area contributed by atoms with Gasteiger partial charge in [0, 0.05) is 53.1 Å². The Hall–Kier alpha value is -4.98. The van der Waals surface area contributed by atoms with Crippen LogP contribution in [0.1, 0.15) is 82.3 Å². The summed E-state index contributed by atoms with van der Waals surface area (Å²) in [7, 11) is 0. The third-order valence-corrected chi connectivity index (χ3v) is 10.4. The summed E-state index contributed by atoms with van der Waals surface area (Å²) >= 11 is 0. The second-order valence-electron chi connectivity index (χ2n) is 14.0. The minimum atomic E-state index is -0.963. The van der Waals surface area contributed by atoms with Crippen molar-refractivity contribution in [3.8, 4) is 0 Å². The van der Waals surface area contributed by atoms with E-state index in [1.165, 1.54) is 22.5 Å². The van der Waals surface area contributed by atoms with Gasteiger partial charge in [0.05, 0.1) is 11.0 Å². The van der Waals surface area contributed by atoms with Gasteiger partial charge in [0.1, 0.15) is 17.1 Å². The van der Waals surface area contributed by atoms with Crippen molar-refractivity contribution in [3.05, 3.63) is 146 Å². The van der Waals surface area contributed by atoms with Gasteiger partial charge in [-0.25, -0.2) is 9.18 Å². The van der Waals surface area contributed by atoms with Gasteiger partial charge in [0.25, 0.3) is 5.69 Å². The molecule has 7 nitrogen and oxygen atoms in total. The number of para-hydroxylation sites is 2. The largest absolute Gasteiger partial charge is 0.422 e. The number of carbonyl (C=O) groups is 1. The van der Waals surface area contributed by atoms with Crippen molar-refractivity contribution in [2.24, 2.45) is 0 Å². The van der Waals surface area contributed by atoms with E-state index in [2.05, 4.69) is 118 Å². The van der Waals surface area contributed by atoms with E-state index in [9.17, 15) is 19.3 Å². The van der Waals surface area contributed by atoms with E-state index in [-0.39, 0.29) is 22.6 Å². The monoisotopic (exact) mass is 661 g/mol. The van der Waals surface area contributed by atoms with Crippen LogP contribution in [0.3, 0.4) is 0 Å². The lowest BCUT2D eigenvalue weighted by atomic mass is 9.80. The average Bonchev–Trinajstić information content (AvgIpc) is 3.45. The summed E-state index contributed by atoms with van der Waals surface area (Å²) in [6.07, 6.45) is 10.5. The molecule has 0 radical (unpaired) electrons. The van der Waals surface area contributed by atoms with Gasteiger partial charge in [-0.05, 0) is 79.7 Å². The molecule has 254 valence electrons. The van der Waals surface area contributed by atoms with Crippen LogP contribution < -0.4 is 9.80 Å². The van der Waals surface area contributed by atoms with Gasteiger partial charge in [0.15, 0.2) is 0 Å². The number of nitrogens with zero attached hydrogens (tertiary/aromatic N) is 3. The molecule has 49 heavy (non-hydrogen) atoms. The first-order chi connectivity index (χ1) is 23.4. The van der Waals surface area contributed by atoms with Crippen molar-refractivity contribution < 1.29 is 18.8 Å². The Morgan fingerprint density at radius 1 is 0.959 bits per heavy atom. The first kappa shape index (κ1) is 33.9. The van der Waals surface area contributed by atoms with Crippen LogP contribution in [0, 0.1) is 15.9 Å². The van der Waals surface area contributed by atoms with Crippen molar-refractivity contribution in [2.75, 3.05) is 22.9 Å². The molecule has 1 atom stereocenters. The van der Waals surface area contributed by atoms with E-state index in [0.717, 1.165) is 54.6 Å². The van der Waals surface area contributed by atoms with Crippen LogP contribution in [0.4, 0.5) is 21.5 Å². The molecular formula is C41H44FN3O4. The summed E-state index contributed by atoms with van der Waals surface area (Å²) in [5.41, 5.74) is 6.43. The number of nitro benzene ring substituents is 1. The Kier molecular flexibility index (Phi) is 9.09. The molecule has 8 heteroatoms. The summed E-state index contributed by atoms with van der Waals surface area (Å²) in [5.74, 6) is -1.46. The van der Waals surface area contributed by atoms with E-state index < -0.39 is 22.3 Å². The molecule has 0 spiro atoms. The minimum absolute atomic E-state index is 0.0564. The minimum Gasteiger partial charge on any atom is -0.422 e. The Balaban J connectivity index is 1.44. The van der Waals surface area contributed by atoms with Crippen LogP contribution in [0.2, 0.25) is 0 Å². The molecule has 2 aliphatic heterocycles. The van der Waals surface area contributed by atoms with E-state index in [1.807, 2.05) is 6.08 Å². The molecule has 1 aliphatic carbocycles. The molecule has 0 fully saturated rings. The van der Waals surface area contributed by atoms with Gasteiger partial charge in [-0.15, -0.1) is 0 Å². The molecule has 6 rings (SSSR count). The second kappa shape index (κ2) is 13.1. The number of allylic oxidation sites excluding steroid dienone is 6. The predicted octanol–water partition coefficient (Wildman–Crippen LogP) is 9.70. The fourth-order valence-corrected chi connectivity index (χ4v) is 7.83. The standard InChI is InChI=1S/C41H44FN3O4/c1-7-43-34-18-11-9-16-31(34)40(3,4)36(43)24-20-27-14-13-15-28(38(27)49-39(46)30-26-29(45(47)48)22-23-33(30)42)21-25-37-41(5,6)32-17-10-12-19-35(32)44(37)8-2/h9-12,16-26,36H,7-8,13-15H2,1-6H3/b24-20+,28-21-,37-25+. The molecule has 3 aromatic carbocycles. The van der Waals surface area contributed by atoms with Gasteiger partial charge in [0.2, 0.25) is 0 Å². The predicted molar refractivity (Wildman–Crippen MR) is 193 cm³/mol. The molecule has 0 bridgehead atoms. The molecule has 3 aliphatic rings. The van der Waals surface area contributed by atoms with Crippen LogP contribution in [-0.2, 0) is 15.6 Å². The van der Waals surface area contributed by atoms with E-state index in [4.69, 9.17) is 4.74 Å². The van der Waals surface area contributed by atoms with Crippen molar-refractivity contribution in [1.82, 2.24) is 0 Å². The fourth-order valence-electron chi connectivity index (χ4n) is 7.83. The number of esters is 1. The lowest BCUT2D eigenvalue weighted by Crippen LogP contribution is -2.39. The molecule has 0 amide bonds. The Labute approximate surface area is 288 Å². The second-order valence-corrected chi connectivity index (χ2v) is 14.0. The van der Waals surface area contributed by atoms with Crippen LogP contribution >= 0.6 is 0 Å². The third-order valence-electron chi connectivity index (χ3n) is 10.4. The van der Waals surface area contributed by atoms with Gasteiger partial charge >= 0.3 is 5.97 Å². The van der Waals surface area contributed by atoms with Crippen molar-refractivity contribution in [2.45, 2.75) is 77.7 Å². The Morgan fingerprint density at radius 3 is 2.35 bits per heavy atom. The SMILES string of the molecule is CCN1/C(=C/C=C2/CCCC(/C=C/C3N(CC)c4ccccc4C3(C)C)=C2OC(=O)c2cc([N+](=O)[O-])ccc2F)C(C)(C)c2ccccc21. The summed E-state index contributed by atoms with van der Waals surface area (Å²) < 4.78 is 21.0. The van der Waals surface area contributed by atoms with Crippen molar-refractivity contribution in [3.63, 3.8) is 0 Å². The number of rotatable bonds is 8. The number of hydrogen-bond donors (Lipinski definition) is 0. The molecular weight excluding hydrogens is 617 g/mol. The topological polar surface area (TPSA) is 75.9 Å². The third kappa shape index (κ3) is 5.98. The number of non-ortho nitro benzene ring substituents is 1. The summed E-state index contributed by atoms with van der Waals surface area (Å²) in [6, 6.07) is 19.9. The highest BCUT2D eigenvalue weighted by atomic mass is 19.1. The van der Waals surface area contributed by atoms with Crippen LogP contribution in [0.25, 0.3) is 0 Å². The number of benzene rings is 3. The molecule has 0 saturated heterocycles. The van der Waals surface area contributed by atoms with Crippen LogP contribution in [0.5, 0.6) is 0 Å². The molecule has 1 unspecified atom stereocenters. The zero-order valence-electron chi connectivity index (χ0n) is 29.1. The molecule has 0 N–H and O–H groups in total. The number of nitro groups is 1. The maximum Gasteiger partial charge on any atom is 0.346 e. The van der Waals surface area contributed by atoms with Crippen molar-refractivity contribution in [1.29, 1.82) is 0 Å². The smallest absolute Gasteiger partial charge is 0.346 e. The number of hydrogen-bond acceptors (Lipinski definition) is 6. The highest BCUT2D eigenvalue weighted by molar-refractivity contribution is 5.91. The lowest BCUT2D eigenvalue weighted by molar-refractivity contribution is -0.384. The van der Waals surface area contributed by atoms with Crippen LogP contribution in [-0.4, -0.2) is 30.0 Å². The van der Waals surface area contributed by atoms with E-state index >= 15 is 0 Å². The fraction of sp³-hybridized carbons (Fsp3) is 0.341. The maximum atomic E-state index is 14.9. The molecule has 0 aromatic heterocycles. The number of likely N-dealkylation sites (N-methyl/N-ethyl adjacent to an activating group) is 2. The van der Waals surface area contributed by atoms with Gasteiger partial charge < -0.3 is 14.5 Å². The summed E-state index contributed by atoms with van der Waals surface area (Å²) in [4.78, 5) is 29.1. The number of fused-ring (bicyclic) bond motifs is 2. The van der Waals surface area contributed by atoms with E-state index in [1.54, 1.807) is 0 Å². The molecule has 2 heterocycles. The lowest BCUT2D eigenvalue weighted by Gasteiger charge is -2.32. The zero-order chi connectivity index (χ0) is 35.1. The Morgan fingerprint density at radius 2 is 1.65 bits per heavy atom. The number of carbonyl (C=O) groups excluding carboxylic acids is 1. The summed E-state index contributed by atoms with van der Waals surface area (Å²) in [5, 5.41) is 11.5. The number of halogens is 1. The number of anilines is 2.